The Bertz CT molecular complexity index is 1470. The van der Waals surface area contributed by atoms with Gasteiger partial charge in [0.2, 0.25) is 0 Å². The highest BCUT2D eigenvalue weighted by Gasteiger charge is 2.23. The number of allylic oxidation sites excluding steroid dienone is 2. The van der Waals surface area contributed by atoms with Gasteiger partial charge >= 0.3 is 5.69 Å². The van der Waals surface area contributed by atoms with Gasteiger partial charge in [-0.15, -0.1) is 0 Å². The van der Waals surface area contributed by atoms with E-state index >= 15 is 0 Å². The van der Waals surface area contributed by atoms with Gasteiger partial charge < -0.3 is 0 Å². The maximum atomic E-state index is 13.5. The third-order valence-corrected chi connectivity index (χ3v) is 5.78. The SMILES string of the molecule is CC=CC(=O)n1c(=O)n(-c2ccc(C(C)(C)C#N)cc2)c2c3cc(Br)ccc3ncc21. The first-order valence-corrected chi connectivity index (χ1v) is 10.5. The Morgan fingerprint density at radius 2 is 1.90 bits per heavy atom. The van der Waals surface area contributed by atoms with Crippen molar-refractivity contribution in [3.05, 3.63) is 81.3 Å². The number of carbonyl (C=O) groups excluding carboxylic acids is 1. The number of halogens is 1. The number of aromatic nitrogens is 3. The summed E-state index contributed by atoms with van der Waals surface area (Å²) >= 11 is 3.49. The van der Waals surface area contributed by atoms with Gasteiger partial charge in [0, 0.05) is 9.86 Å². The highest BCUT2D eigenvalue weighted by atomic mass is 79.9. The van der Waals surface area contributed by atoms with Crippen LogP contribution in [0.15, 0.2) is 70.1 Å². The molecule has 0 saturated carbocycles. The molecule has 4 rings (SSSR count). The summed E-state index contributed by atoms with van der Waals surface area (Å²) in [6.07, 6.45) is 4.51. The van der Waals surface area contributed by atoms with Crippen LogP contribution in [0.25, 0.3) is 27.6 Å². The Kier molecular flexibility index (Phi) is 5.11. The smallest absolute Gasteiger partial charge is 0.269 e. The molecule has 154 valence electrons. The van der Waals surface area contributed by atoms with Crippen molar-refractivity contribution >= 4 is 43.8 Å². The summed E-state index contributed by atoms with van der Waals surface area (Å²) in [5, 5.41) is 10.2. The lowest BCUT2D eigenvalue weighted by Crippen LogP contribution is -2.27. The summed E-state index contributed by atoms with van der Waals surface area (Å²) in [5.74, 6) is -0.436. The summed E-state index contributed by atoms with van der Waals surface area (Å²) in [5.41, 5.74) is 2.06. The molecule has 0 unspecified atom stereocenters. The number of rotatable bonds is 3. The maximum absolute atomic E-state index is 13.5. The summed E-state index contributed by atoms with van der Waals surface area (Å²) < 4.78 is 3.50. The molecule has 0 radical (unpaired) electrons. The molecule has 4 aromatic rings. The van der Waals surface area contributed by atoms with E-state index in [2.05, 4.69) is 27.0 Å². The molecule has 0 N–H and O–H groups in total. The van der Waals surface area contributed by atoms with Gasteiger partial charge in [-0.3, -0.25) is 14.3 Å². The number of hydrogen-bond donors (Lipinski definition) is 0. The molecule has 0 spiro atoms. The number of nitriles is 1. The van der Waals surface area contributed by atoms with Crippen molar-refractivity contribution in [1.82, 2.24) is 14.1 Å². The van der Waals surface area contributed by atoms with E-state index in [-0.39, 0.29) is 0 Å². The van der Waals surface area contributed by atoms with Crippen LogP contribution in [0.1, 0.15) is 31.1 Å². The molecule has 0 aliphatic heterocycles. The third kappa shape index (κ3) is 3.39. The topological polar surface area (TPSA) is 80.7 Å². The van der Waals surface area contributed by atoms with Gasteiger partial charge in [-0.25, -0.2) is 9.36 Å². The van der Waals surface area contributed by atoms with Crippen LogP contribution in [-0.2, 0) is 5.41 Å². The predicted octanol–water partition coefficient (Wildman–Crippen LogP) is 5.12. The van der Waals surface area contributed by atoms with Gasteiger partial charge in [-0.1, -0.05) is 34.1 Å². The second-order valence-electron chi connectivity index (χ2n) is 7.73. The highest BCUT2D eigenvalue weighted by molar-refractivity contribution is 9.10. The Hall–Kier alpha value is -3.50. The summed E-state index contributed by atoms with van der Waals surface area (Å²) in [6, 6.07) is 15.2. The molecule has 0 aliphatic rings. The third-order valence-electron chi connectivity index (χ3n) is 5.29. The van der Waals surface area contributed by atoms with E-state index in [1.807, 2.05) is 44.2 Å². The minimum atomic E-state index is -0.652. The van der Waals surface area contributed by atoms with Crippen LogP contribution in [0.3, 0.4) is 0 Å². The number of imidazole rings is 1. The van der Waals surface area contributed by atoms with Gasteiger partial charge in [0.1, 0.15) is 0 Å². The fourth-order valence-electron chi connectivity index (χ4n) is 3.60. The van der Waals surface area contributed by atoms with E-state index in [1.165, 1.54) is 10.6 Å². The normalized spacial score (nSPS) is 12.0. The summed E-state index contributed by atoms with van der Waals surface area (Å²) in [6.45, 7) is 5.40. The van der Waals surface area contributed by atoms with Crippen molar-refractivity contribution in [2.24, 2.45) is 0 Å². The lowest BCUT2D eigenvalue weighted by Gasteiger charge is -2.16. The van der Waals surface area contributed by atoms with Gasteiger partial charge in [0.05, 0.1) is 39.9 Å². The second-order valence-corrected chi connectivity index (χ2v) is 8.64. The second kappa shape index (κ2) is 7.64. The van der Waals surface area contributed by atoms with E-state index in [4.69, 9.17) is 0 Å². The van der Waals surface area contributed by atoms with E-state index in [0.29, 0.717) is 22.2 Å². The Morgan fingerprint density at radius 3 is 2.55 bits per heavy atom. The molecule has 2 aromatic carbocycles. The van der Waals surface area contributed by atoms with Crippen molar-refractivity contribution in [2.75, 3.05) is 0 Å². The summed E-state index contributed by atoms with van der Waals surface area (Å²) in [7, 11) is 0. The first-order chi connectivity index (χ1) is 14.8. The van der Waals surface area contributed by atoms with Crippen LogP contribution in [0.4, 0.5) is 0 Å². The van der Waals surface area contributed by atoms with Crippen molar-refractivity contribution < 1.29 is 4.79 Å². The molecular formula is C24H19BrN4O2. The van der Waals surface area contributed by atoms with Crippen molar-refractivity contribution in [3.63, 3.8) is 0 Å². The van der Waals surface area contributed by atoms with Gasteiger partial charge in [0.25, 0.3) is 5.91 Å². The monoisotopic (exact) mass is 474 g/mol. The molecular weight excluding hydrogens is 456 g/mol. The first-order valence-electron chi connectivity index (χ1n) is 9.69. The Balaban J connectivity index is 2.10. The van der Waals surface area contributed by atoms with Crippen LogP contribution >= 0.6 is 15.9 Å². The van der Waals surface area contributed by atoms with Crippen molar-refractivity contribution in [1.29, 1.82) is 5.26 Å². The number of fused-ring (bicyclic) bond motifs is 3. The zero-order valence-electron chi connectivity index (χ0n) is 17.3. The number of carbonyl (C=O) groups is 1. The molecule has 2 aromatic heterocycles. The van der Waals surface area contributed by atoms with Gasteiger partial charge in [-0.05, 0) is 62.7 Å². The average Bonchev–Trinajstić information content (AvgIpc) is 3.06. The van der Waals surface area contributed by atoms with E-state index in [0.717, 1.165) is 20.0 Å². The first kappa shape index (κ1) is 20.8. The largest absolute Gasteiger partial charge is 0.340 e. The maximum Gasteiger partial charge on any atom is 0.340 e. The number of hydrogen-bond acceptors (Lipinski definition) is 4. The zero-order chi connectivity index (χ0) is 22.3. The standard InChI is InChI=1S/C24H19BrN4O2/c1-4-5-21(30)29-20-13-27-19-11-8-16(25)12-18(19)22(20)28(23(29)31)17-9-6-15(7-10-17)24(2,3)14-26/h4-13H,1-3H3. The molecule has 0 atom stereocenters. The molecule has 2 heterocycles. The predicted molar refractivity (Wildman–Crippen MR) is 125 cm³/mol. The zero-order valence-corrected chi connectivity index (χ0v) is 18.8. The molecule has 0 amide bonds. The fraction of sp³-hybridized carbons (Fsp3) is 0.167. The fourth-order valence-corrected chi connectivity index (χ4v) is 3.96. The molecule has 0 saturated heterocycles. The Morgan fingerprint density at radius 1 is 1.19 bits per heavy atom. The van der Waals surface area contributed by atoms with E-state index in [1.54, 1.807) is 31.3 Å². The van der Waals surface area contributed by atoms with Gasteiger partial charge in [-0.2, -0.15) is 5.26 Å². The molecule has 0 bridgehead atoms. The van der Waals surface area contributed by atoms with Crippen LogP contribution < -0.4 is 5.69 Å². The minimum Gasteiger partial charge on any atom is -0.269 e. The number of pyridine rings is 1. The van der Waals surface area contributed by atoms with Gasteiger partial charge in [0.15, 0.2) is 0 Å². The van der Waals surface area contributed by atoms with E-state index < -0.39 is 17.0 Å². The van der Waals surface area contributed by atoms with Crippen LogP contribution in [0.2, 0.25) is 0 Å². The molecule has 0 aliphatic carbocycles. The molecule has 7 heteroatoms. The van der Waals surface area contributed by atoms with Crippen molar-refractivity contribution in [3.8, 4) is 11.8 Å². The highest BCUT2D eigenvalue weighted by Crippen LogP contribution is 2.29. The number of nitrogens with zero attached hydrogens (tertiary/aromatic N) is 4. The molecule has 6 nitrogen and oxygen atoms in total. The van der Waals surface area contributed by atoms with Crippen LogP contribution in [-0.4, -0.2) is 20.0 Å². The van der Waals surface area contributed by atoms with Crippen LogP contribution in [0.5, 0.6) is 0 Å². The Labute approximate surface area is 187 Å². The average molecular weight is 475 g/mol. The molecule has 0 fully saturated rings. The van der Waals surface area contributed by atoms with E-state index in [9.17, 15) is 14.9 Å². The lowest BCUT2D eigenvalue weighted by molar-refractivity contribution is 0.0969. The molecule has 31 heavy (non-hydrogen) atoms. The van der Waals surface area contributed by atoms with Crippen molar-refractivity contribution in [2.45, 2.75) is 26.2 Å². The summed E-state index contributed by atoms with van der Waals surface area (Å²) in [4.78, 5) is 30.6. The lowest BCUT2D eigenvalue weighted by atomic mass is 9.86. The van der Waals surface area contributed by atoms with Crippen LogP contribution in [0, 0.1) is 11.3 Å². The number of benzene rings is 2. The minimum absolute atomic E-state index is 0.431. The quantitative estimate of drug-likeness (QED) is 0.385.